The molecule has 1 aromatic carbocycles. The highest BCUT2D eigenvalue weighted by Crippen LogP contribution is 2.49. The highest BCUT2D eigenvalue weighted by atomic mass is 32.4. The van der Waals surface area contributed by atoms with Gasteiger partial charge in [0.2, 0.25) is 11.4 Å². The van der Waals surface area contributed by atoms with Crippen LogP contribution in [0.1, 0.15) is 230 Å². The summed E-state index contributed by atoms with van der Waals surface area (Å²) in [4.78, 5) is 151. The second-order valence-corrected chi connectivity index (χ2v) is 35.8. The van der Waals surface area contributed by atoms with E-state index in [0.717, 1.165) is 18.6 Å². The van der Waals surface area contributed by atoms with Crippen molar-refractivity contribution >= 4 is 96.2 Å². The lowest BCUT2D eigenvalue weighted by atomic mass is 10.0. The Labute approximate surface area is 744 Å². The maximum atomic E-state index is 14.5. The number of esters is 12. The quantitative estimate of drug-likeness (QED) is 0.0192. The highest BCUT2D eigenvalue weighted by molar-refractivity contribution is 8.06. The summed E-state index contributed by atoms with van der Waals surface area (Å²) in [6.07, 6.45) is 5.49. The van der Waals surface area contributed by atoms with Gasteiger partial charge in [-0.25, -0.2) is 14.4 Å². The van der Waals surface area contributed by atoms with Crippen LogP contribution < -0.4 is 0 Å². The molecule has 0 saturated carbocycles. The number of rotatable bonds is 54. The fourth-order valence-electron chi connectivity index (χ4n) is 12.8. The Morgan fingerprint density at radius 2 is 0.770 bits per heavy atom. The molecular formula is C88H134O36PS+. The van der Waals surface area contributed by atoms with Crippen LogP contribution in [0.25, 0.3) is 6.08 Å². The van der Waals surface area contributed by atoms with Crippen LogP contribution >= 0.6 is 6.70 Å². The van der Waals surface area contributed by atoms with Gasteiger partial charge in [-0.05, 0) is 126 Å². The maximum Gasteiger partial charge on any atom is 0.359 e. The molecule has 36 nitrogen and oxygen atoms in total. The van der Waals surface area contributed by atoms with Gasteiger partial charge >= 0.3 is 71.6 Å². The SMILES string of the molecule is C=Cc1ccccc1.CCCC(=O)OCCCCOC(=O)CCC1(C)OCC(COC(=O)/C=C\C(=O)OC2COC(C)(C)O2)O1.CCCC(=O)OCCCCOC(=O)CCC1(C)OCC(COC(=O)CC(C[P+](=S)C(CC)(CC(=O)OCC2COC(C)(CCC(=O)OCCCCOC(=O)CCC)O2)C(=O)OCC2COC(C)(C)O2)C(=O)OCC2COC(C)(C)O2)O1. The number of carbonyl (C=O) groups is 12. The van der Waals surface area contributed by atoms with E-state index in [9.17, 15) is 57.5 Å². The first-order valence-electron chi connectivity index (χ1n) is 43.4. The standard InChI is InChI=1S/C55H88O24PS.C25H38O12.C8H8/c1-10-17-43(56)64-23-13-15-25-66-45(58)19-21-53(8)74-35-41(78-53)29-68-47(60)27-38(49(62)70-31-39-33-72-51(4,5)76-39)37-80(81)55(12-3,50(63)71-32-40-34-73-52(6,7)77-40)28-48(61)69-30-42-36-75-54(9,79-42)22-20-46(59)67-26-16-14-24-65-44(57)18-11-2;1-5-8-19(26)30-13-6-7-14-31-21(28)11-12-25(4)34-16-18(36-25)15-32-20(27)9-10-22(29)35-23-17-33-24(2,3)37-23;1-2-8-6-4-3-5-7-8/h38-42H,10-37H2,1-9H3;9-10,18,23H,5-8,11-17H2,1-4H3;2-7H,1H2/q+1;;/b;10-9-;. The van der Waals surface area contributed by atoms with Gasteiger partial charge in [0.1, 0.15) is 88.7 Å². The van der Waals surface area contributed by atoms with Gasteiger partial charge in [-0.2, -0.15) is 0 Å². The maximum absolute atomic E-state index is 14.5. The Kier molecular flexibility index (Phi) is 48.5. The van der Waals surface area contributed by atoms with Gasteiger partial charge in [0, 0.05) is 57.1 Å². The molecule has 12 atom stereocenters. The largest absolute Gasteiger partial charge is 0.466 e. The average molecular weight is 1830 g/mol. The molecular weight excluding hydrogens is 1700 g/mol. The molecule has 0 N–H and O–H groups in total. The third kappa shape index (κ3) is 43.7. The molecule has 6 fully saturated rings. The predicted molar refractivity (Wildman–Crippen MR) is 450 cm³/mol. The van der Waals surface area contributed by atoms with Crippen LogP contribution in [0.4, 0.5) is 0 Å². The zero-order valence-electron chi connectivity index (χ0n) is 75.5. The molecule has 712 valence electrons. The predicted octanol–water partition coefficient (Wildman–Crippen LogP) is 10.8. The van der Waals surface area contributed by atoms with Crippen LogP contribution in [0.5, 0.6) is 0 Å². The Morgan fingerprint density at radius 3 is 1.13 bits per heavy atom. The van der Waals surface area contributed by atoms with E-state index in [1.165, 1.54) is 5.56 Å². The molecule has 6 saturated heterocycles. The first-order chi connectivity index (χ1) is 59.7. The van der Waals surface area contributed by atoms with Gasteiger partial charge in [0.15, 0.2) is 53.2 Å². The van der Waals surface area contributed by atoms with Gasteiger partial charge in [-0.15, -0.1) is 0 Å². The Morgan fingerprint density at radius 1 is 0.421 bits per heavy atom. The molecule has 1 aromatic rings. The zero-order valence-corrected chi connectivity index (χ0v) is 77.2. The smallest absolute Gasteiger partial charge is 0.359 e. The van der Waals surface area contributed by atoms with Gasteiger partial charge in [0.25, 0.3) is 0 Å². The van der Waals surface area contributed by atoms with Crippen LogP contribution in [0.15, 0.2) is 49.1 Å². The summed E-state index contributed by atoms with van der Waals surface area (Å²) >= 11 is 6.14. The van der Waals surface area contributed by atoms with E-state index in [4.69, 9.17) is 125 Å². The Bertz CT molecular complexity index is 3650. The van der Waals surface area contributed by atoms with Gasteiger partial charge in [-0.1, -0.05) is 70.7 Å². The molecule has 0 aliphatic carbocycles. The Balaban J connectivity index is 0.000000512. The van der Waals surface area contributed by atoms with Crippen molar-refractivity contribution in [1.29, 1.82) is 0 Å². The van der Waals surface area contributed by atoms with Gasteiger partial charge < -0.3 is 114 Å². The van der Waals surface area contributed by atoms with Crippen LogP contribution in [-0.4, -0.2) is 267 Å². The summed E-state index contributed by atoms with van der Waals surface area (Å²) in [5.74, 6) is -14.2. The monoisotopic (exact) mass is 1830 g/mol. The third-order valence-corrected chi connectivity index (χ3v) is 23.6. The molecule has 7 rings (SSSR count). The number of unbranched alkanes of at least 4 members (excludes halogenated alkanes) is 3. The van der Waals surface area contributed by atoms with E-state index in [-0.39, 0.29) is 181 Å². The van der Waals surface area contributed by atoms with Crippen molar-refractivity contribution < 1.29 is 171 Å². The average Bonchev–Trinajstić information content (AvgIpc) is 0.896. The van der Waals surface area contributed by atoms with E-state index in [1.54, 1.807) is 69.2 Å². The summed E-state index contributed by atoms with van der Waals surface area (Å²) < 4.78 is 133. The summed E-state index contributed by atoms with van der Waals surface area (Å²) in [7, 11) is 0. The van der Waals surface area contributed by atoms with Crippen LogP contribution in [0.2, 0.25) is 0 Å². The summed E-state index contributed by atoms with van der Waals surface area (Å²) in [6, 6.07) is 10.0. The van der Waals surface area contributed by atoms with E-state index in [0.29, 0.717) is 77.2 Å². The molecule has 6 heterocycles. The molecule has 0 bridgehead atoms. The van der Waals surface area contributed by atoms with E-state index in [1.807, 2.05) is 57.2 Å². The fourth-order valence-corrected chi connectivity index (χ4v) is 16.1. The minimum atomic E-state index is -2.14. The molecule has 0 aromatic heterocycles. The van der Waals surface area contributed by atoms with E-state index in [2.05, 4.69) is 6.58 Å². The molecule has 12 unspecified atom stereocenters. The number of benzene rings is 1. The number of ether oxygens (including phenoxy) is 24. The van der Waals surface area contributed by atoms with Crippen LogP contribution in [0, 0.1) is 5.92 Å². The van der Waals surface area contributed by atoms with Crippen molar-refractivity contribution in [3.05, 3.63) is 54.6 Å². The number of hydrogen-bond acceptors (Lipinski definition) is 37. The minimum Gasteiger partial charge on any atom is -0.466 e. The summed E-state index contributed by atoms with van der Waals surface area (Å²) in [6.45, 7) is 25.0. The lowest BCUT2D eigenvalue weighted by molar-refractivity contribution is -0.194. The molecule has 6 aliphatic rings. The minimum absolute atomic E-state index is 0.0154. The fraction of sp³-hybridized carbons (Fsp3) is 0.750. The van der Waals surface area contributed by atoms with Crippen LogP contribution in [0.3, 0.4) is 0 Å². The van der Waals surface area contributed by atoms with Crippen molar-refractivity contribution in [1.82, 2.24) is 0 Å². The highest BCUT2D eigenvalue weighted by Gasteiger charge is 2.56. The second kappa shape index (κ2) is 56.1. The van der Waals surface area contributed by atoms with E-state index >= 15 is 0 Å². The molecule has 6 aliphatic heterocycles. The topological polar surface area (TPSA) is 426 Å². The van der Waals surface area contributed by atoms with Crippen molar-refractivity contribution in [2.75, 3.05) is 118 Å². The molecule has 0 amide bonds. The van der Waals surface area contributed by atoms with Crippen molar-refractivity contribution in [3.8, 4) is 0 Å². The third-order valence-electron chi connectivity index (χ3n) is 19.7. The number of hydrogen-bond donors (Lipinski definition) is 0. The molecule has 0 spiro atoms. The normalized spacial score (nSPS) is 23.8. The molecule has 126 heavy (non-hydrogen) atoms. The lowest BCUT2D eigenvalue weighted by Crippen LogP contribution is -2.42. The first-order valence-corrected chi connectivity index (χ1v) is 46.0. The van der Waals surface area contributed by atoms with Crippen molar-refractivity contribution in [3.63, 3.8) is 0 Å². The van der Waals surface area contributed by atoms with Crippen molar-refractivity contribution in [2.24, 2.45) is 5.92 Å². The summed E-state index contributed by atoms with van der Waals surface area (Å²) in [5, 5.41) is -1.73. The molecule has 38 heteroatoms. The van der Waals surface area contributed by atoms with Crippen LogP contribution in [-0.2, 0) is 183 Å². The first kappa shape index (κ1) is 109. The van der Waals surface area contributed by atoms with Crippen molar-refractivity contribution in [2.45, 2.75) is 302 Å². The lowest BCUT2D eigenvalue weighted by Gasteiger charge is -2.25. The second-order valence-electron chi connectivity index (χ2n) is 32.5. The van der Waals surface area contributed by atoms with Gasteiger partial charge in [-0.3, -0.25) is 43.2 Å². The molecule has 0 radical (unpaired) electrons. The Hall–Kier alpha value is -7.62. The summed E-state index contributed by atoms with van der Waals surface area (Å²) in [5.41, 5.74) is 1.17. The van der Waals surface area contributed by atoms with Gasteiger partial charge in [0.05, 0.1) is 98.4 Å². The van der Waals surface area contributed by atoms with E-state index < -0.39 is 150 Å². The zero-order chi connectivity index (χ0) is 92.8. The number of carbonyl (C=O) groups excluding carboxylic acids is 12.